The van der Waals surface area contributed by atoms with E-state index in [-0.39, 0.29) is 18.0 Å². The molecule has 0 radical (unpaired) electrons. The van der Waals surface area contributed by atoms with Gasteiger partial charge in [0.05, 0.1) is 13.2 Å². The Hall–Kier alpha value is -1.59. The molecular formula is C19H28N2O3. The molecule has 1 saturated carbocycles. The van der Waals surface area contributed by atoms with E-state index in [0.29, 0.717) is 26.2 Å². The standard InChI is InChI=1S/C19H28N2O3/c22-17(21-14-19(23)10-11-24-15-19)20-13-18(8-4-5-9-18)12-16-6-2-1-3-7-16/h1-3,6-7,23H,4-5,8-15H2,(H2,20,21,22). The van der Waals surface area contributed by atoms with Crippen molar-refractivity contribution in [2.75, 3.05) is 26.3 Å². The molecule has 1 atom stereocenters. The summed E-state index contributed by atoms with van der Waals surface area (Å²) in [6.45, 7) is 1.78. The van der Waals surface area contributed by atoms with Crippen molar-refractivity contribution in [2.24, 2.45) is 5.41 Å². The quantitative estimate of drug-likeness (QED) is 0.748. The van der Waals surface area contributed by atoms with E-state index >= 15 is 0 Å². The van der Waals surface area contributed by atoms with Crippen LogP contribution in [0.2, 0.25) is 0 Å². The molecule has 3 rings (SSSR count). The number of ether oxygens (including phenoxy) is 1. The Morgan fingerprint density at radius 1 is 1.08 bits per heavy atom. The van der Waals surface area contributed by atoms with Gasteiger partial charge in [0.25, 0.3) is 0 Å². The average Bonchev–Trinajstić information content (AvgIpc) is 3.23. The second kappa shape index (κ2) is 7.53. The molecule has 3 N–H and O–H groups in total. The van der Waals surface area contributed by atoms with Crippen molar-refractivity contribution in [1.82, 2.24) is 10.6 Å². The molecule has 1 aromatic rings. The summed E-state index contributed by atoms with van der Waals surface area (Å²) in [5.41, 5.74) is 0.581. The zero-order chi connectivity index (χ0) is 16.9. The number of hydrogen-bond donors (Lipinski definition) is 3. The molecule has 1 heterocycles. The van der Waals surface area contributed by atoms with E-state index in [1.807, 2.05) is 6.07 Å². The molecule has 1 aliphatic heterocycles. The maximum absolute atomic E-state index is 12.1. The summed E-state index contributed by atoms with van der Waals surface area (Å²) >= 11 is 0. The molecule has 2 fully saturated rings. The van der Waals surface area contributed by atoms with E-state index in [9.17, 15) is 9.90 Å². The summed E-state index contributed by atoms with van der Waals surface area (Å²) in [6.07, 6.45) is 6.34. The van der Waals surface area contributed by atoms with Gasteiger partial charge in [0.2, 0.25) is 0 Å². The van der Waals surface area contributed by atoms with Crippen molar-refractivity contribution in [1.29, 1.82) is 0 Å². The summed E-state index contributed by atoms with van der Waals surface area (Å²) in [5, 5.41) is 16.0. The molecule has 132 valence electrons. The van der Waals surface area contributed by atoms with Crippen molar-refractivity contribution >= 4 is 6.03 Å². The molecular weight excluding hydrogens is 304 g/mol. The summed E-state index contributed by atoms with van der Waals surface area (Å²) in [7, 11) is 0. The zero-order valence-electron chi connectivity index (χ0n) is 14.2. The van der Waals surface area contributed by atoms with E-state index in [0.717, 1.165) is 19.3 Å². The molecule has 2 amide bonds. The van der Waals surface area contributed by atoms with E-state index in [4.69, 9.17) is 4.74 Å². The van der Waals surface area contributed by atoms with Gasteiger partial charge in [0.1, 0.15) is 5.60 Å². The van der Waals surface area contributed by atoms with Gasteiger partial charge >= 0.3 is 6.03 Å². The van der Waals surface area contributed by atoms with Crippen LogP contribution in [0.1, 0.15) is 37.7 Å². The van der Waals surface area contributed by atoms with Gasteiger partial charge in [0.15, 0.2) is 0 Å². The van der Waals surface area contributed by atoms with Crippen LogP contribution in [0.15, 0.2) is 30.3 Å². The van der Waals surface area contributed by atoms with Gasteiger partial charge in [-0.3, -0.25) is 0 Å². The molecule has 5 nitrogen and oxygen atoms in total. The Morgan fingerprint density at radius 3 is 2.46 bits per heavy atom. The number of rotatable bonds is 6. The predicted octanol–water partition coefficient (Wildman–Crippen LogP) is 2.24. The van der Waals surface area contributed by atoms with Gasteiger partial charge < -0.3 is 20.5 Å². The van der Waals surface area contributed by atoms with Gasteiger partial charge in [-0.05, 0) is 30.2 Å². The topological polar surface area (TPSA) is 70.6 Å². The summed E-state index contributed by atoms with van der Waals surface area (Å²) < 4.78 is 5.19. The summed E-state index contributed by atoms with van der Waals surface area (Å²) in [5.74, 6) is 0. The van der Waals surface area contributed by atoms with Gasteiger partial charge in [-0.15, -0.1) is 0 Å². The Morgan fingerprint density at radius 2 is 1.79 bits per heavy atom. The highest BCUT2D eigenvalue weighted by molar-refractivity contribution is 5.74. The van der Waals surface area contributed by atoms with Crippen molar-refractivity contribution in [2.45, 2.75) is 44.1 Å². The number of aliphatic hydroxyl groups is 1. The van der Waals surface area contributed by atoms with E-state index < -0.39 is 5.60 Å². The summed E-state index contributed by atoms with van der Waals surface area (Å²) in [6, 6.07) is 10.3. The van der Waals surface area contributed by atoms with Crippen LogP contribution in [0.25, 0.3) is 0 Å². The van der Waals surface area contributed by atoms with E-state index in [2.05, 4.69) is 34.9 Å². The second-order valence-corrected chi connectivity index (χ2v) is 7.43. The van der Waals surface area contributed by atoms with E-state index in [1.54, 1.807) is 0 Å². The molecule has 1 unspecified atom stereocenters. The number of urea groups is 1. The maximum atomic E-state index is 12.1. The number of carbonyl (C=O) groups excluding carboxylic acids is 1. The lowest BCUT2D eigenvalue weighted by atomic mass is 9.80. The number of carbonyl (C=O) groups is 1. The van der Waals surface area contributed by atoms with Crippen molar-refractivity contribution in [3.8, 4) is 0 Å². The first-order chi connectivity index (χ1) is 11.6. The average molecular weight is 332 g/mol. The number of hydrogen-bond acceptors (Lipinski definition) is 3. The van der Waals surface area contributed by atoms with Gasteiger partial charge in [-0.25, -0.2) is 4.79 Å². The maximum Gasteiger partial charge on any atom is 0.314 e. The SMILES string of the molecule is O=C(NCC1(O)CCOC1)NCC1(Cc2ccccc2)CCCC1. The third kappa shape index (κ3) is 4.48. The van der Waals surface area contributed by atoms with E-state index in [1.165, 1.54) is 18.4 Å². The number of nitrogens with one attached hydrogen (secondary N) is 2. The molecule has 1 saturated heterocycles. The Labute approximate surface area is 143 Å². The third-order valence-corrected chi connectivity index (χ3v) is 5.37. The lowest BCUT2D eigenvalue weighted by Crippen LogP contribution is -2.48. The number of amides is 2. The van der Waals surface area contributed by atoms with Crippen LogP contribution in [0.3, 0.4) is 0 Å². The Balaban J connectivity index is 1.49. The van der Waals surface area contributed by atoms with Crippen LogP contribution in [0.5, 0.6) is 0 Å². The number of benzene rings is 1. The van der Waals surface area contributed by atoms with Crippen molar-refractivity contribution < 1.29 is 14.6 Å². The molecule has 1 aliphatic carbocycles. The lowest BCUT2D eigenvalue weighted by molar-refractivity contribution is 0.0291. The van der Waals surface area contributed by atoms with Crippen LogP contribution in [0.4, 0.5) is 4.79 Å². The second-order valence-electron chi connectivity index (χ2n) is 7.43. The minimum Gasteiger partial charge on any atom is -0.386 e. The molecule has 0 aromatic heterocycles. The van der Waals surface area contributed by atoms with Gasteiger partial charge in [-0.2, -0.15) is 0 Å². The smallest absolute Gasteiger partial charge is 0.314 e. The van der Waals surface area contributed by atoms with Crippen LogP contribution >= 0.6 is 0 Å². The van der Waals surface area contributed by atoms with Crippen molar-refractivity contribution in [3.05, 3.63) is 35.9 Å². The molecule has 0 bridgehead atoms. The minimum atomic E-state index is -0.910. The molecule has 24 heavy (non-hydrogen) atoms. The minimum absolute atomic E-state index is 0.159. The first-order valence-corrected chi connectivity index (χ1v) is 8.95. The normalized spacial score (nSPS) is 25.5. The van der Waals surface area contributed by atoms with Crippen LogP contribution in [0, 0.1) is 5.41 Å². The van der Waals surface area contributed by atoms with Crippen LogP contribution < -0.4 is 10.6 Å². The highest BCUT2D eigenvalue weighted by Crippen LogP contribution is 2.40. The molecule has 2 aliphatic rings. The zero-order valence-corrected chi connectivity index (χ0v) is 14.2. The highest BCUT2D eigenvalue weighted by Gasteiger charge is 2.35. The largest absolute Gasteiger partial charge is 0.386 e. The Kier molecular flexibility index (Phi) is 5.41. The fourth-order valence-corrected chi connectivity index (χ4v) is 3.88. The Bertz CT molecular complexity index is 535. The predicted molar refractivity (Wildman–Crippen MR) is 92.8 cm³/mol. The van der Waals surface area contributed by atoms with Crippen LogP contribution in [-0.4, -0.2) is 43.0 Å². The third-order valence-electron chi connectivity index (χ3n) is 5.37. The summed E-state index contributed by atoms with van der Waals surface area (Å²) in [4.78, 5) is 12.1. The molecule has 0 spiro atoms. The lowest BCUT2D eigenvalue weighted by Gasteiger charge is -2.30. The fourth-order valence-electron chi connectivity index (χ4n) is 3.88. The van der Waals surface area contributed by atoms with Gasteiger partial charge in [0, 0.05) is 19.6 Å². The molecule has 5 heteroatoms. The first kappa shape index (κ1) is 17.2. The first-order valence-electron chi connectivity index (χ1n) is 8.95. The van der Waals surface area contributed by atoms with Crippen molar-refractivity contribution in [3.63, 3.8) is 0 Å². The highest BCUT2D eigenvalue weighted by atomic mass is 16.5. The monoisotopic (exact) mass is 332 g/mol. The van der Waals surface area contributed by atoms with Crippen LogP contribution in [-0.2, 0) is 11.2 Å². The molecule has 1 aromatic carbocycles. The fraction of sp³-hybridized carbons (Fsp3) is 0.632. The van der Waals surface area contributed by atoms with Gasteiger partial charge in [-0.1, -0.05) is 43.2 Å².